The van der Waals surface area contributed by atoms with Crippen LogP contribution in [0.25, 0.3) is 0 Å². The molecule has 5 nitrogen and oxygen atoms in total. The molecule has 2 unspecified atom stereocenters. The SMILES string of the molecule is N#CC1=CCC(COc2ccc(C(=O)N3CCCC3CN3CCCC3)cc2)S1. The van der Waals surface area contributed by atoms with E-state index in [1.807, 2.05) is 30.3 Å². The number of allylic oxidation sites excluding steroid dienone is 2. The first-order chi connectivity index (χ1) is 13.7. The van der Waals surface area contributed by atoms with Crippen molar-refractivity contribution in [3.05, 3.63) is 40.8 Å². The fourth-order valence-corrected chi connectivity index (χ4v) is 5.23. The molecule has 1 aromatic carbocycles. The van der Waals surface area contributed by atoms with Crippen LogP contribution in [0, 0.1) is 11.3 Å². The molecule has 3 aliphatic rings. The molecule has 0 bridgehead atoms. The number of hydrogen-bond acceptors (Lipinski definition) is 5. The Morgan fingerprint density at radius 3 is 2.68 bits per heavy atom. The van der Waals surface area contributed by atoms with Gasteiger partial charge in [0.25, 0.3) is 5.91 Å². The van der Waals surface area contributed by atoms with E-state index >= 15 is 0 Å². The highest BCUT2D eigenvalue weighted by Gasteiger charge is 2.31. The maximum absolute atomic E-state index is 13.0. The zero-order chi connectivity index (χ0) is 19.3. The monoisotopic (exact) mass is 397 g/mol. The second-order valence-electron chi connectivity index (χ2n) is 7.79. The molecule has 28 heavy (non-hydrogen) atoms. The number of hydrogen-bond donors (Lipinski definition) is 0. The van der Waals surface area contributed by atoms with Crippen molar-refractivity contribution in [2.24, 2.45) is 0 Å². The molecule has 0 saturated carbocycles. The van der Waals surface area contributed by atoms with Crippen LogP contribution in [0.3, 0.4) is 0 Å². The molecule has 6 heteroatoms. The predicted octanol–water partition coefficient (Wildman–Crippen LogP) is 3.68. The second-order valence-corrected chi connectivity index (χ2v) is 9.14. The lowest BCUT2D eigenvalue weighted by atomic mass is 10.1. The number of carbonyl (C=O) groups is 1. The topological polar surface area (TPSA) is 56.6 Å². The Balaban J connectivity index is 1.30. The molecule has 0 aliphatic carbocycles. The van der Waals surface area contributed by atoms with Crippen LogP contribution in [0.4, 0.5) is 0 Å². The van der Waals surface area contributed by atoms with Crippen LogP contribution in [0.2, 0.25) is 0 Å². The summed E-state index contributed by atoms with van der Waals surface area (Å²) in [4.78, 5) is 18.4. The summed E-state index contributed by atoms with van der Waals surface area (Å²) in [7, 11) is 0. The minimum atomic E-state index is 0.141. The van der Waals surface area contributed by atoms with Crippen molar-refractivity contribution < 1.29 is 9.53 Å². The van der Waals surface area contributed by atoms with E-state index in [1.165, 1.54) is 25.9 Å². The van der Waals surface area contributed by atoms with E-state index in [4.69, 9.17) is 10.00 Å². The molecule has 2 saturated heterocycles. The van der Waals surface area contributed by atoms with Crippen molar-refractivity contribution in [2.45, 2.75) is 43.4 Å². The van der Waals surface area contributed by atoms with E-state index in [0.29, 0.717) is 17.9 Å². The van der Waals surface area contributed by atoms with Crippen molar-refractivity contribution in [1.82, 2.24) is 9.80 Å². The maximum atomic E-state index is 13.0. The van der Waals surface area contributed by atoms with Crippen molar-refractivity contribution >= 4 is 17.7 Å². The average Bonchev–Trinajstić information content (AvgIpc) is 3.49. The molecule has 0 spiro atoms. The summed E-state index contributed by atoms with van der Waals surface area (Å²) in [6.07, 6.45) is 7.63. The van der Waals surface area contributed by atoms with Gasteiger partial charge in [0, 0.05) is 29.9 Å². The molecule has 3 heterocycles. The molecule has 2 atom stereocenters. The largest absolute Gasteiger partial charge is 0.492 e. The number of thioether (sulfide) groups is 1. The Morgan fingerprint density at radius 1 is 1.18 bits per heavy atom. The molecule has 4 rings (SSSR count). The molecule has 1 amide bonds. The number of ether oxygens (including phenoxy) is 1. The quantitative estimate of drug-likeness (QED) is 0.733. The van der Waals surface area contributed by atoms with Crippen LogP contribution in [0.1, 0.15) is 42.5 Å². The number of carbonyl (C=O) groups excluding carboxylic acids is 1. The summed E-state index contributed by atoms with van der Waals surface area (Å²) in [5, 5.41) is 9.22. The Morgan fingerprint density at radius 2 is 1.96 bits per heavy atom. The Bertz CT molecular complexity index is 765. The van der Waals surface area contributed by atoms with Crippen molar-refractivity contribution in [3.63, 3.8) is 0 Å². The smallest absolute Gasteiger partial charge is 0.254 e. The minimum absolute atomic E-state index is 0.141. The van der Waals surface area contributed by atoms with E-state index in [-0.39, 0.29) is 5.91 Å². The highest BCUT2D eigenvalue weighted by Crippen LogP contribution is 2.32. The Kier molecular flexibility index (Phi) is 6.23. The summed E-state index contributed by atoms with van der Waals surface area (Å²) in [6, 6.07) is 10.1. The van der Waals surface area contributed by atoms with E-state index in [2.05, 4.69) is 15.9 Å². The minimum Gasteiger partial charge on any atom is -0.492 e. The lowest BCUT2D eigenvalue weighted by Gasteiger charge is -2.28. The summed E-state index contributed by atoms with van der Waals surface area (Å²) in [5.41, 5.74) is 0.740. The number of likely N-dealkylation sites (tertiary alicyclic amines) is 2. The number of nitrogens with zero attached hydrogens (tertiary/aromatic N) is 3. The number of benzene rings is 1. The number of nitriles is 1. The lowest BCUT2D eigenvalue weighted by molar-refractivity contribution is 0.0708. The van der Waals surface area contributed by atoms with Crippen LogP contribution < -0.4 is 4.74 Å². The first-order valence-electron chi connectivity index (χ1n) is 10.3. The Hall–Kier alpha value is -1.97. The molecule has 148 valence electrons. The van der Waals surface area contributed by atoms with Crippen LogP contribution >= 0.6 is 11.8 Å². The molecule has 1 aromatic rings. The van der Waals surface area contributed by atoms with Crippen molar-refractivity contribution in [2.75, 3.05) is 32.8 Å². The lowest BCUT2D eigenvalue weighted by Crippen LogP contribution is -2.42. The summed E-state index contributed by atoms with van der Waals surface area (Å²) >= 11 is 1.58. The molecule has 0 aromatic heterocycles. The first kappa shape index (κ1) is 19.4. The number of rotatable bonds is 6. The van der Waals surface area contributed by atoms with Gasteiger partial charge in [0.2, 0.25) is 0 Å². The van der Waals surface area contributed by atoms with Gasteiger partial charge in [0.05, 0.1) is 4.91 Å². The summed E-state index contributed by atoms with van der Waals surface area (Å²) in [6.45, 7) is 4.81. The van der Waals surface area contributed by atoms with Crippen LogP contribution in [0.15, 0.2) is 35.2 Å². The van der Waals surface area contributed by atoms with Crippen LogP contribution in [-0.4, -0.2) is 59.8 Å². The van der Waals surface area contributed by atoms with Gasteiger partial charge >= 0.3 is 0 Å². The highest BCUT2D eigenvalue weighted by molar-refractivity contribution is 8.04. The van der Waals surface area contributed by atoms with Crippen molar-refractivity contribution in [3.8, 4) is 11.8 Å². The zero-order valence-corrected chi connectivity index (χ0v) is 17.0. The van der Waals surface area contributed by atoms with E-state index < -0.39 is 0 Å². The van der Waals surface area contributed by atoms with Gasteiger partial charge in [-0.2, -0.15) is 5.26 Å². The van der Waals surface area contributed by atoms with Gasteiger partial charge in [-0.3, -0.25) is 4.79 Å². The van der Waals surface area contributed by atoms with Gasteiger partial charge < -0.3 is 14.5 Å². The molecule has 0 N–H and O–H groups in total. The van der Waals surface area contributed by atoms with Gasteiger partial charge in [0.15, 0.2) is 0 Å². The third kappa shape index (κ3) is 4.53. The molecule has 0 radical (unpaired) electrons. The zero-order valence-electron chi connectivity index (χ0n) is 16.2. The fraction of sp³-hybridized carbons (Fsp3) is 0.545. The highest BCUT2D eigenvalue weighted by atomic mass is 32.2. The third-order valence-electron chi connectivity index (χ3n) is 5.81. The van der Waals surface area contributed by atoms with Crippen LogP contribution in [0.5, 0.6) is 5.75 Å². The van der Waals surface area contributed by atoms with Gasteiger partial charge in [-0.15, -0.1) is 11.8 Å². The predicted molar refractivity (Wildman–Crippen MR) is 111 cm³/mol. The van der Waals surface area contributed by atoms with Gasteiger partial charge in [-0.25, -0.2) is 0 Å². The molecule has 3 aliphatic heterocycles. The molecule has 2 fully saturated rings. The third-order valence-corrected chi connectivity index (χ3v) is 6.99. The first-order valence-corrected chi connectivity index (χ1v) is 11.1. The maximum Gasteiger partial charge on any atom is 0.254 e. The van der Waals surface area contributed by atoms with Crippen LogP contribution in [-0.2, 0) is 0 Å². The molecular weight excluding hydrogens is 370 g/mol. The standard InChI is InChI=1S/C22H27N3O2S/c23-14-20-9-10-21(28-20)16-27-19-7-5-17(6-8-19)22(26)25-13-3-4-18(25)15-24-11-1-2-12-24/h5-9,18,21H,1-4,10-13,15-16H2. The summed E-state index contributed by atoms with van der Waals surface area (Å²) < 4.78 is 5.86. The normalized spacial score (nSPS) is 25.0. The van der Waals surface area contributed by atoms with Gasteiger partial charge in [-0.05, 0) is 69.5 Å². The summed E-state index contributed by atoms with van der Waals surface area (Å²) in [5.74, 6) is 0.917. The number of amides is 1. The van der Waals surface area contributed by atoms with Gasteiger partial charge in [-0.1, -0.05) is 6.08 Å². The van der Waals surface area contributed by atoms with Crippen molar-refractivity contribution in [1.29, 1.82) is 5.26 Å². The Labute approximate surface area is 171 Å². The second kappa shape index (κ2) is 9.02. The molecular formula is C22H27N3O2S. The van der Waals surface area contributed by atoms with E-state index in [9.17, 15) is 4.79 Å². The van der Waals surface area contributed by atoms with Gasteiger partial charge in [0.1, 0.15) is 18.4 Å². The average molecular weight is 398 g/mol. The van der Waals surface area contributed by atoms with E-state index in [1.54, 1.807) is 11.8 Å². The fourth-order valence-electron chi connectivity index (χ4n) is 4.29. The van der Waals surface area contributed by atoms with E-state index in [0.717, 1.165) is 48.6 Å².